The van der Waals surface area contributed by atoms with Gasteiger partial charge in [-0.2, -0.15) is 0 Å². The van der Waals surface area contributed by atoms with Crippen molar-refractivity contribution in [2.24, 2.45) is 5.92 Å². The van der Waals surface area contributed by atoms with Crippen molar-refractivity contribution >= 4 is 5.91 Å². The van der Waals surface area contributed by atoms with E-state index in [9.17, 15) is 9.90 Å². The molecule has 1 aliphatic heterocycles. The van der Waals surface area contributed by atoms with Gasteiger partial charge in [0.2, 0.25) is 0 Å². The number of ether oxygens (including phenoxy) is 1. The average Bonchev–Trinajstić information content (AvgIpc) is 2.61. The third-order valence-corrected chi connectivity index (χ3v) is 4.98. The summed E-state index contributed by atoms with van der Waals surface area (Å²) in [7, 11) is 0. The lowest BCUT2D eigenvalue weighted by Gasteiger charge is -2.38. The number of phenolic OH excluding ortho intramolecular Hbond substituents is 1. The van der Waals surface area contributed by atoms with Gasteiger partial charge in [0.05, 0.1) is 18.8 Å². The quantitative estimate of drug-likeness (QED) is 0.804. The molecule has 1 aromatic rings. The van der Waals surface area contributed by atoms with Crippen LogP contribution in [0.25, 0.3) is 0 Å². The summed E-state index contributed by atoms with van der Waals surface area (Å²) in [6.07, 6.45) is 2.17. The Morgan fingerprint density at radius 2 is 1.96 bits per heavy atom. The monoisotopic (exact) mass is 334 g/mol. The van der Waals surface area contributed by atoms with Crippen molar-refractivity contribution in [3.05, 3.63) is 29.3 Å². The molecule has 5 nitrogen and oxygen atoms in total. The first kappa shape index (κ1) is 18.7. The second-order valence-electron chi connectivity index (χ2n) is 6.52. The van der Waals surface area contributed by atoms with Crippen LogP contribution in [-0.2, 0) is 4.74 Å². The number of phenols is 1. The molecule has 0 spiro atoms. The number of rotatable bonds is 7. The highest BCUT2D eigenvalue weighted by atomic mass is 16.5. The van der Waals surface area contributed by atoms with Gasteiger partial charge in [-0.25, -0.2) is 0 Å². The third-order valence-electron chi connectivity index (χ3n) is 4.98. The van der Waals surface area contributed by atoms with Crippen molar-refractivity contribution in [2.45, 2.75) is 39.7 Å². The van der Waals surface area contributed by atoms with Crippen LogP contribution >= 0.6 is 0 Å². The summed E-state index contributed by atoms with van der Waals surface area (Å²) in [5.41, 5.74) is 1.31. The summed E-state index contributed by atoms with van der Waals surface area (Å²) in [5, 5.41) is 13.0. The number of benzene rings is 1. The van der Waals surface area contributed by atoms with Crippen LogP contribution in [0.2, 0.25) is 0 Å². The summed E-state index contributed by atoms with van der Waals surface area (Å²) in [4.78, 5) is 14.9. The zero-order chi connectivity index (χ0) is 17.5. The van der Waals surface area contributed by atoms with Crippen molar-refractivity contribution in [1.82, 2.24) is 10.2 Å². The maximum atomic E-state index is 12.5. The number of morpholine rings is 1. The van der Waals surface area contributed by atoms with E-state index < -0.39 is 0 Å². The number of aromatic hydroxyl groups is 1. The van der Waals surface area contributed by atoms with Gasteiger partial charge in [0.15, 0.2) is 0 Å². The van der Waals surface area contributed by atoms with E-state index in [0.29, 0.717) is 24.1 Å². The number of aryl methyl sites for hydroxylation is 1. The van der Waals surface area contributed by atoms with Gasteiger partial charge in [-0.05, 0) is 25.0 Å². The number of carbonyl (C=O) groups excluding carboxylic acids is 1. The van der Waals surface area contributed by atoms with E-state index >= 15 is 0 Å². The molecule has 0 aliphatic carbocycles. The molecule has 5 heteroatoms. The van der Waals surface area contributed by atoms with E-state index in [0.717, 1.165) is 44.7 Å². The minimum atomic E-state index is -0.208. The Bertz CT molecular complexity index is 537. The molecule has 1 aliphatic rings. The molecule has 1 fully saturated rings. The van der Waals surface area contributed by atoms with Crippen LogP contribution < -0.4 is 5.32 Å². The lowest BCUT2D eigenvalue weighted by atomic mass is 9.92. The average molecular weight is 334 g/mol. The summed E-state index contributed by atoms with van der Waals surface area (Å²) >= 11 is 0. The molecule has 0 radical (unpaired) electrons. The van der Waals surface area contributed by atoms with Crippen molar-refractivity contribution in [1.29, 1.82) is 0 Å². The fourth-order valence-corrected chi connectivity index (χ4v) is 3.46. The van der Waals surface area contributed by atoms with Gasteiger partial charge in [0.25, 0.3) is 5.91 Å². The minimum Gasteiger partial charge on any atom is -0.507 e. The third kappa shape index (κ3) is 4.71. The number of nitrogens with one attached hydrogen (secondary N) is 1. The Morgan fingerprint density at radius 3 is 2.58 bits per heavy atom. The Balaban J connectivity index is 2.05. The van der Waals surface area contributed by atoms with Gasteiger partial charge in [0, 0.05) is 25.7 Å². The standard InChI is InChI=1S/C19H30N2O3/c1-4-15(5-2)17(21-8-10-24-11-9-21)13-20-19(23)16-12-14(3)6-7-18(16)22/h6-7,12,15,17,22H,4-5,8-11,13H2,1-3H3,(H,20,23). The summed E-state index contributed by atoms with van der Waals surface area (Å²) in [5.74, 6) is 0.360. The molecule has 2 N–H and O–H groups in total. The Kier molecular flexibility index (Phi) is 7.06. The number of hydrogen-bond donors (Lipinski definition) is 2. The predicted octanol–water partition coefficient (Wildman–Crippen LogP) is 2.57. The lowest BCUT2D eigenvalue weighted by molar-refractivity contribution is 0.00191. The van der Waals surface area contributed by atoms with E-state index in [2.05, 4.69) is 24.1 Å². The Labute approximate surface area is 145 Å². The molecule has 1 saturated heterocycles. The van der Waals surface area contributed by atoms with Gasteiger partial charge in [-0.1, -0.05) is 38.3 Å². The highest BCUT2D eigenvalue weighted by molar-refractivity contribution is 5.97. The molecule has 2 rings (SSSR count). The van der Waals surface area contributed by atoms with Gasteiger partial charge in [-0.3, -0.25) is 9.69 Å². The van der Waals surface area contributed by atoms with Crippen LogP contribution in [0.5, 0.6) is 5.75 Å². The number of hydrogen-bond acceptors (Lipinski definition) is 4. The van der Waals surface area contributed by atoms with Gasteiger partial charge in [-0.15, -0.1) is 0 Å². The van der Waals surface area contributed by atoms with Crippen LogP contribution in [0.3, 0.4) is 0 Å². The molecular formula is C19H30N2O3. The Hall–Kier alpha value is -1.59. The van der Waals surface area contributed by atoms with Gasteiger partial charge < -0.3 is 15.2 Å². The summed E-state index contributed by atoms with van der Waals surface area (Å²) in [6, 6.07) is 5.41. The first-order chi connectivity index (χ1) is 11.6. The smallest absolute Gasteiger partial charge is 0.255 e. The Morgan fingerprint density at radius 1 is 1.29 bits per heavy atom. The maximum absolute atomic E-state index is 12.5. The minimum absolute atomic E-state index is 0.0311. The van der Waals surface area contributed by atoms with Crippen molar-refractivity contribution in [3.63, 3.8) is 0 Å². The molecule has 1 heterocycles. The molecule has 0 saturated carbocycles. The molecule has 134 valence electrons. The molecule has 24 heavy (non-hydrogen) atoms. The largest absolute Gasteiger partial charge is 0.507 e. The van der Waals surface area contributed by atoms with Crippen LogP contribution in [0, 0.1) is 12.8 Å². The first-order valence-electron chi connectivity index (χ1n) is 8.96. The molecular weight excluding hydrogens is 304 g/mol. The fourth-order valence-electron chi connectivity index (χ4n) is 3.46. The van der Waals surface area contributed by atoms with E-state index in [1.807, 2.05) is 6.92 Å². The van der Waals surface area contributed by atoms with Crippen molar-refractivity contribution in [2.75, 3.05) is 32.8 Å². The number of carbonyl (C=O) groups is 1. The first-order valence-corrected chi connectivity index (χ1v) is 8.96. The zero-order valence-corrected chi connectivity index (χ0v) is 15.0. The van der Waals surface area contributed by atoms with Crippen LogP contribution in [0.1, 0.15) is 42.6 Å². The van der Waals surface area contributed by atoms with Crippen molar-refractivity contribution < 1.29 is 14.6 Å². The highest BCUT2D eigenvalue weighted by Crippen LogP contribution is 2.21. The molecule has 0 bridgehead atoms. The zero-order valence-electron chi connectivity index (χ0n) is 15.0. The van der Waals surface area contributed by atoms with Gasteiger partial charge in [0.1, 0.15) is 5.75 Å². The van der Waals surface area contributed by atoms with Crippen LogP contribution in [-0.4, -0.2) is 54.8 Å². The van der Waals surface area contributed by atoms with E-state index in [1.165, 1.54) is 0 Å². The maximum Gasteiger partial charge on any atom is 0.255 e. The van der Waals surface area contributed by atoms with Crippen LogP contribution in [0.4, 0.5) is 0 Å². The van der Waals surface area contributed by atoms with E-state index in [1.54, 1.807) is 18.2 Å². The van der Waals surface area contributed by atoms with E-state index in [-0.39, 0.29) is 11.7 Å². The van der Waals surface area contributed by atoms with Crippen molar-refractivity contribution in [3.8, 4) is 5.75 Å². The van der Waals surface area contributed by atoms with Gasteiger partial charge >= 0.3 is 0 Å². The van der Waals surface area contributed by atoms with Crippen LogP contribution in [0.15, 0.2) is 18.2 Å². The SMILES string of the molecule is CCC(CC)C(CNC(=O)c1cc(C)ccc1O)N1CCOCC1. The molecule has 1 unspecified atom stereocenters. The highest BCUT2D eigenvalue weighted by Gasteiger charge is 2.27. The second kappa shape index (κ2) is 9.04. The lowest BCUT2D eigenvalue weighted by Crippen LogP contribution is -2.52. The topological polar surface area (TPSA) is 61.8 Å². The number of nitrogens with zero attached hydrogens (tertiary/aromatic N) is 1. The number of amides is 1. The summed E-state index contributed by atoms with van der Waals surface area (Å²) in [6.45, 7) is 10.2. The molecule has 1 atom stereocenters. The second-order valence-corrected chi connectivity index (χ2v) is 6.52. The normalized spacial score (nSPS) is 17.0. The fraction of sp³-hybridized carbons (Fsp3) is 0.632. The molecule has 0 aromatic heterocycles. The van der Waals surface area contributed by atoms with E-state index in [4.69, 9.17) is 4.74 Å². The predicted molar refractivity (Wildman–Crippen MR) is 95.4 cm³/mol. The molecule has 1 amide bonds. The molecule has 1 aromatic carbocycles. The summed E-state index contributed by atoms with van der Waals surface area (Å²) < 4.78 is 5.46.